The zero-order valence-corrected chi connectivity index (χ0v) is 11.0. The van der Waals surface area contributed by atoms with E-state index < -0.39 is 0 Å². The molecule has 0 atom stereocenters. The molecule has 5 nitrogen and oxygen atoms in total. The van der Waals surface area contributed by atoms with Crippen molar-refractivity contribution in [3.8, 4) is 0 Å². The van der Waals surface area contributed by atoms with Crippen molar-refractivity contribution in [3.05, 3.63) is 41.3 Å². The second kappa shape index (κ2) is 5.14. The third kappa shape index (κ3) is 2.48. The van der Waals surface area contributed by atoms with Crippen LogP contribution in [0.2, 0.25) is 0 Å². The van der Waals surface area contributed by atoms with Gasteiger partial charge in [-0.05, 0) is 31.5 Å². The average Bonchev–Trinajstić information content (AvgIpc) is 2.35. The number of amidine groups is 1. The molecule has 2 aromatic rings. The summed E-state index contributed by atoms with van der Waals surface area (Å²) in [5, 5.41) is 16.5. The minimum Gasteiger partial charge on any atom is -0.384 e. The molecule has 2 heterocycles. The first-order valence-corrected chi connectivity index (χ1v) is 6.17. The summed E-state index contributed by atoms with van der Waals surface area (Å²) in [5.41, 5.74) is 7.97. The molecule has 0 saturated heterocycles. The van der Waals surface area contributed by atoms with Gasteiger partial charge < -0.3 is 5.73 Å². The van der Waals surface area contributed by atoms with E-state index in [9.17, 15) is 0 Å². The maximum absolute atomic E-state index is 7.66. The van der Waals surface area contributed by atoms with Crippen molar-refractivity contribution in [1.82, 2.24) is 15.2 Å². The molecule has 92 valence electrons. The smallest absolute Gasteiger partial charge is 0.135 e. The Balaban J connectivity index is 2.45. The van der Waals surface area contributed by atoms with Crippen molar-refractivity contribution in [2.45, 2.75) is 23.8 Å². The molecule has 2 aromatic heterocycles. The molecule has 0 spiro atoms. The lowest BCUT2D eigenvalue weighted by molar-refractivity contribution is 0.872. The predicted octanol–water partition coefficient (Wildman–Crippen LogP) is 1.92. The normalized spacial score (nSPS) is 10.3. The molecule has 0 aliphatic rings. The van der Waals surface area contributed by atoms with Gasteiger partial charge in [-0.15, -0.1) is 5.10 Å². The van der Waals surface area contributed by atoms with Gasteiger partial charge in [0.25, 0.3) is 0 Å². The summed E-state index contributed by atoms with van der Waals surface area (Å²) in [4.78, 5) is 4.95. The highest BCUT2D eigenvalue weighted by Crippen LogP contribution is 2.29. The molecule has 0 fully saturated rings. The van der Waals surface area contributed by atoms with Gasteiger partial charge in [-0.25, -0.2) is 0 Å². The van der Waals surface area contributed by atoms with Gasteiger partial charge >= 0.3 is 0 Å². The molecule has 0 saturated carbocycles. The number of nitrogen functional groups attached to an aromatic ring is 1. The summed E-state index contributed by atoms with van der Waals surface area (Å²) in [5.74, 6) is 0.0158. The van der Waals surface area contributed by atoms with Crippen LogP contribution in [0.3, 0.4) is 0 Å². The maximum Gasteiger partial charge on any atom is 0.135 e. The molecule has 0 aromatic carbocycles. The van der Waals surface area contributed by atoms with Crippen molar-refractivity contribution in [3.63, 3.8) is 0 Å². The highest BCUT2D eigenvalue weighted by atomic mass is 32.2. The second-order valence-corrected chi connectivity index (χ2v) is 4.85. The van der Waals surface area contributed by atoms with Crippen molar-refractivity contribution in [2.24, 2.45) is 5.73 Å². The first kappa shape index (κ1) is 12.5. The highest BCUT2D eigenvalue weighted by molar-refractivity contribution is 7.99. The lowest BCUT2D eigenvalue weighted by Gasteiger charge is -2.10. The van der Waals surface area contributed by atoms with Crippen LogP contribution in [0.1, 0.15) is 16.8 Å². The number of hydrogen-bond donors (Lipinski definition) is 2. The summed E-state index contributed by atoms with van der Waals surface area (Å²) in [6, 6.07) is 3.76. The van der Waals surface area contributed by atoms with Crippen LogP contribution in [0.4, 0.5) is 0 Å². The minimum atomic E-state index is 0.0158. The Hall–Kier alpha value is -1.95. The van der Waals surface area contributed by atoms with Gasteiger partial charge in [0.1, 0.15) is 10.9 Å². The molecular formula is C12H13N5S. The Morgan fingerprint density at radius 3 is 2.50 bits per heavy atom. The number of hydrogen-bond acceptors (Lipinski definition) is 5. The molecular weight excluding hydrogens is 246 g/mol. The predicted molar refractivity (Wildman–Crippen MR) is 70.9 cm³/mol. The molecule has 0 amide bonds. The summed E-state index contributed by atoms with van der Waals surface area (Å²) < 4.78 is 0. The third-order valence-electron chi connectivity index (χ3n) is 2.56. The summed E-state index contributed by atoms with van der Waals surface area (Å²) >= 11 is 1.43. The van der Waals surface area contributed by atoms with Gasteiger partial charge in [0.2, 0.25) is 0 Å². The number of rotatable bonds is 3. The van der Waals surface area contributed by atoms with Gasteiger partial charge in [-0.1, -0.05) is 11.8 Å². The monoisotopic (exact) mass is 259 g/mol. The van der Waals surface area contributed by atoms with Crippen LogP contribution in [-0.2, 0) is 0 Å². The van der Waals surface area contributed by atoms with Crippen LogP contribution < -0.4 is 5.73 Å². The third-order valence-corrected chi connectivity index (χ3v) is 3.54. The topological polar surface area (TPSA) is 88.5 Å². The van der Waals surface area contributed by atoms with Crippen LogP contribution in [0.5, 0.6) is 0 Å². The molecule has 0 aliphatic heterocycles. The van der Waals surface area contributed by atoms with E-state index in [1.807, 2.05) is 26.0 Å². The number of nitrogens with zero attached hydrogens (tertiary/aromatic N) is 3. The molecule has 6 heteroatoms. The summed E-state index contributed by atoms with van der Waals surface area (Å²) in [6.07, 6.45) is 3.43. The van der Waals surface area contributed by atoms with E-state index in [0.717, 1.165) is 16.2 Å². The Bertz CT molecular complexity index is 583. The van der Waals surface area contributed by atoms with E-state index in [-0.39, 0.29) is 5.84 Å². The van der Waals surface area contributed by atoms with Crippen molar-refractivity contribution in [2.75, 3.05) is 0 Å². The van der Waals surface area contributed by atoms with Crippen LogP contribution in [0, 0.1) is 19.3 Å². The lowest BCUT2D eigenvalue weighted by Crippen LogP contribution is -2.16. The van der Waals surface area contributed by atoms with E-state index in [2.05, 4.69) is 15.2 Å². The average molecular weight is 259 g/mol. The molecule has 3 N–H and O–H groups in total. The van der Waals surface area contributed by atoms with Crippen molar-refractivity contribution < 1.29 is 0 Å². The number of pyridine rings is 1. The van der Waals surface area contributed by atoms with Crippen molar-refractivity contribution in [1.29, 1.82) is 5.41 Å². The second-order valence-electron chi connectivity index (χ2n) is 3.79. The number of nitrogens with two attached hydrogens (primary N) is 1. The SMILES string of the molecule is Cc1nnc(Sc2ccncc2)c(C(=N)N)c1C. The van der Waals surface area contributed by atoms with Gasteiger partial charge in [0.05, 0.1) is 11.3 Å². The van der Waals surface area contributed by atoms with Crippen molar-refractivity contribution >= 4 is 17.6 Å². The Morgan fingerprint density at radius 1 is 1.22 bits per heavy atom. The summed E-state index contributed by atoms with van der Waals surface area (Å²) in [6.45, 7) is 3.76. The van der Waals surface area contributed by atoms with Crippen LogP contribution in [-0.4, -0.2) is 21.0 Å². The van der Waals surface area contributed by atoms with E-state index in [0.29, 0.717) is 10.6 Å². The van der Waals surface area contributed by atoms with Gasteiger partial charge in [-0.3, -0.25) is 10.4 Å². The Labute approximate surface area is 109 Å². The zero-order chi connectivity index (χ0) is 13.1. The fraction of sp³-hybridized carbons (Fsp3) is 0.167. The fourth-order valence-corrected chi connectivity index (χ4v) is 2.42. The zero-order valence-electron chi connectivity index (χ0n) is 10.1. The van der Waals surface area contributed by atoms with Crippen LogP contribution >= 0.6 is 11.8 Å². The Kier molecular flexibility index (Phi) is 3.57. The standard InChI is InChI=1S/C12H13N5S/c1-7-8(2)16-17-12(10(7)11(13)14)18-9-3-5-15-6-4-9/h3-6H,1-2H3,(H3,13,14). The largest absolute Gasteiger partial charge is 0.384 e. The van der Waals surface area contributed by atoms with Gasteiger partial charge in [0.15, 0.2) is 0 Å². The Morgan fingerprint density at radius 2 is 1.89 bits per heavy atom. The molecule has 2 rings (SSSR count). The first-order chi connectivity index (χ1) is 8.59. The quantitative estimate of drug-likeness (QED) is 0.649. The van der Waals surface area contributed by atoms with Crippen LogP contribution in [0.15, 0.2) is 34.4 Å². The molecule has 0 radical (unpaired) electrons. The number of nitrogens with one attached hydrogen (secondary N) is 1. The molecule has 18 heavy (non-hydrogen) atoms. The van der Waals surface area contributed by atoms with E-state index in [4.69, 9.17) is 11.1 Å². The summed E-state index contributed by atoms with van der Waals surface area (Å²) in [7, 11) is 0. The van der Waals surface area contributed by atoms with E-state index in [1.165, 1.54) is 11.8 Å². The molecule has 0 unspecified atom stereocenters. The van der Waals surface area contributed by atoms with Gasteiger partial charge in [0, 0.05) is 17.3 Å². The van der Waals surface area contributed by atoms with E-state index >= 15 is 0 Å². The maximum atomic E-state index is 7.66. The van der Waals surface area contributed by atoms with E-state index in [1.54, 1.807) is 12.4 Å². The number of aromatic nitrogens is 3. The molecule has 0 bridgehead atoms. The number of aryl methyl sites for hydroxylation is 1. The minimum absolute atomic E-state index is 0.0158. The van der Waals surface area contributed by atoms with Crippen LogP contribution in [0.25, 0.3) is 0 Å². The fourth-order valence-electron chi connectivity index (χ4n) is 1.49. The lowest BCUT2D eigenvalue weighted by atomic mass is 10.1. The highest BCUT2D eigenvalue weighted by Gasteiger charge is 2.14. The van der Waals surface area contributed by atoms with Gasteiger partial charge in [-0.2, -0.15) is 5.10 Å². The first-order valence-electron chi connectivity index (χ1n) is 5.35. The molecule has 0 aliphatic carbocycles.